The molecule has 2 rings (SSSR count). The minimum atomic E-state index is 0.737. The Morgan fingerprint density at radius 1 is 1.56 bits per heavy atom. The fraction of sp³-hybridized carbons (Fsp3) is 0.833. The summed E-state index contributed by atoms with van der Waals surface area (Å²) in [5.41, 5.74) is 0. The van der Waals surface area contributed by atoms with Gasteiger partial charge in [-0.25, -0.2) is 0 Å². The van der Waals surface area contributed by atoms with E-state index in [4.69, 9.17) is 11.6 Å². The molecule has 0 N–H and O–H groups in total. The molecule has 9 heavy (non-hydrogen) atoms. The van der Waals surface area contributed by atoms with Gasteiger partial charge in [0.15, 0.2) is 0 Å². The molecule has 0 spiro atoms. The SMILES string of the molecule is ClC1=NN(C2CC2)CC1. The lowest BCUT2D eigenvalue weighted by atomic mass is 10.5. The molecule has 0 atom stereocenters. The molecule has 50 valence electrons. The smallest absolute Gasteiger partial charge is 0.128 e. The summed E-state index contributed by atoms with van der Waals surface area (Å²) in [4.78, 5) is 0. The van der Waals surface area contributed by atoms with Crippen molar-refractivity contribution in [3.63, 3.8) is 0 Å². The summed E-state index contributed by atoms with van der Waals surface area (Å²) in [7, 11) is 0. The zero-order valence-corrected chi connectivity index (χ0v) is 5.93. The van der Waals surface area contributed by atoms with E-state index in [0.717, 1.165) is 24.2 Å². The summed E-state index contributed by atoms with van der Waals surface area (Å²) in [6, 6.07) is 0.737. The lowest BCUT2D eigenvalue weighted by molar-refractivity contribution is 0.307. The number of halogens is 1. The van der Waals surface area contributed by atoms with E-state index in [2.05, 4.69) is 10.1 Å². The van der Waals surface area contributed by atoms with Crippen LogP contribution >= 0.6 is 11.6 Å². The van der Waals surface area contributed by atoms with Gasteiger partial charge in [0.2, 0.25) is 0 Å². The van der Waals surface area contributed by atoms with Crippen molar-refractivity contribution in [1.29, 1.82) is 0 Å². The van der Waals surface area contributed by atoms with Crippen LogP contribution in [0.15, 0.2) is 5.10 Å². The van der Waals surface area contributed by atoms with Gasteiger partial charge >= 0.3 is 0 Å². The summed E-state index contributed by atoms with van der Waals surface area (Å²) >= 11 is 5.69. The number of hydrazone groups is 1. The summed E-state index contributed by atoms with van der Waals surface area (Å²) in [5.74, 6) is 0. The minimum absolute atomic E-state index is 0.737. The molecule has 1 aliphatic carbocycles. The Morgan fingerprint density at radius 3 is 2.78 bits per heavy atom. The van der Waals surface area contributed by atoms with E-state index >= 15 is 0 Å². The van der Waals surface area contributed by atoms with E-state index in [9.17, 15) is 0 Å². The van der Waals surface area contributed by atoms with E-state index < -0.39 is 0 Å². The molecule has 3 heteroatoms. The van der Waals surface area contributed by atoms with Crippen LogP contribution in [0.1, 0.15) is 19.3 Å². The maximum absolute atomic E-state index is 5.69. The monoisotopic (exact) mass is 144 g/mol. The van der Waals surface area contributed by atoms with Crippen molar-refractivity contribution in [2.75, 3.05) is 6.54 Å². The molecule has 0 aromatic rings. The summed E-state index contributed by atoms with van der Waals surface area (Å²) in [6.45, 7) is 1.05. The van der Waals surface area contributed by atoms with Gasteiger partial charge < -0.3 is 0 Å². The highest BCUT2D eigenvalue weighted by atomic mass is 35.5. The topological polar surface area (TPSA) is 15.6 Å². The Balaban J connectivity index is 1.99. The van der Waals surface area contributed by atoms with Gasteiger partial charge in [0.25, 0.3) is 0 Å². The van der Waals surface area contributed by atoms with Gasteiger partial charge in [0, 0.05) is 19.0 Å². The Bertz CT molecular complexity index is 151. The molecular formula is C6H9ClN2. The second-order valence-corrected chi connectivity index (χ2v) is 3.06. The number of rotatable bonds is 1. The van der Waals surface area contributed by atoms with Crippen LogP contribution in [-0.2, 0) is 0 Å². The average molecular weight is 145 g/mol. The molecule has 2 aliphatic rings. The molecule has 1 aliphatic heterocycles. The zero-order chi connectivity index (χ0) is 6.27. The molecule has 0 bridgehead atoms. The van der Waals surface area contributed by atoms with Crippen molar-refractivity contribution in [2.45, 2.75) is 25.3 Å². The lowest BCUT2D eigenvalue weighted by Crippen LogP contribution is -2.15. The first-order chi connectivity index (χ1) is 4.36. The van der Waals surface area contributed by atoms with E-state index in [0.29, 0.717) is 0 Å². The van der Waals surface area contributed by atoms with Gasteiger partial charge in [-0.15, -0.1) is 0 Å². The Labute approximate surface area is 59.5 Å². The van der Waals surface area contributed by atoms with E-state index in [1.165, 1.54) is 12.8 Å². The van der Waals surface area contributed by atoms with Crippen LogP contribution in [0.25, 0.3) is 0 Å². The van der Waals surface area contributed by atoms with Gasteiger partial charge in [-0.05, 0) is 12.8 Å². The minimum Gasteiger partial charge on any atom is -0.292 e. The van der Waals surface area contributed by atoms with Gasteiger partial charge in [0.1, 0.15) is 5.17 Å². The van der Waals surface area contributed by atoms with Gasteiger partial charge in [-0.1, -0.05) is 11.6 Å². The summed E-state index contributed by atoms with van der Waals surface area (Å²) in [6.07, 6.45) is 3.58. The van der Waals surface area contributed by atoms with Crippen LogP contribution in [-0.4, -0.2) is 22.8 Å². The largest absolute Gasteiger partial charge is 0.292 e. The highest BCUT2D eigenvalue weighted by Crippen LogP contribution is 2.29. The third kappa shape index (κ3) is 1.04. The number of nitrogens with zero attached hydrogens (tertiary/aromatic N) is 2. The molecule has 1 fully saturated rings. The molecule has 0 radical (unpaired) electrons. The van der Waals surface area contributed by atoms with Crippen molar-refractivity contribution in [3.8, 4) is 0 Å². The predicted octanol–water partition coefficient (Wildman–Crippen LogP) is 1.41. The highest BCUT2D eigenvalue weighted by molar-refractivity contribution is 6.65. The maximum Gasteiger partial charge on any atom is 0.128 e. The fourth-order valence-corrected chi connectivity index (χ4v) is 1.26. The van der Waals surface area contributed by atoms with Crippen LogP contribution in [0, 0.1) is 0 Å². The second kappa shape index (κ2) is 1.87. The van der Waals surface area contributed by atoms with Gasteiger partial charge in [-0.2, -0.15) is 5.10 Å². The Morgan fingerprint density at radius 2 is 2.33 bits per heavy atom. The third-order valence-corrected chi connectivity index (χ3v) is 2.02. The first kappa shape index (κ1) is 5.54. The molecular weight excluding hydrogens is 136 g/mol. The molecule has 1 saturated carbocycles. The van der Waals surface area contributed by atoms with Crippen LogP contribution in [0.5, 0.6) is 0 Å². The summed E-state index contributed by atoms with van der Waals surface area (Å²) < 4.78 is 0. The second-order valence-electron chi connectivity index (χ2n) is 2.62. The van der Waals surface area contributed by atoms with Crippen molar-refractivity contribution in [3.05, 3.63) is 0 Å². The first-order valence-corrected chi connectivity index (χ1v) is 3.74. The van der Waals surface area contributed by atoms with Crippen molar-refractivity contribution < 1.29 is 0 Å². The van der Waals surface area contributed by atoms with Crippen molar-refractivity contribution in [2.24, 2.45) is 5.10 Å². The lowest BCUT2D eigenvalue weighted by Gasteiger charge is -2.09. The first-order valence-electron chi connectivity index (χ1n) is 3.36. The normalized spacial score (nSPS) is 26.8. The van der Waals surface area contributed by atoms with Crippen molar-refractivity contribution >= 4 is 16.8 Å². The maximum atomic E-state index is 5.69. The molecule has 0 aromatic carbocycles. The van der Waals surface area contributed by atoms with Crippen LogP contribution in [0.3, 0.4) is 0 Å². The molecule has 1 heterocycles. The zero-order valence-electron chi connectivity index (χ0n) is 5.18. The van der Waals surface area contributed by atoms with Crippen molar-refractivity contribution in [1.82, 2.24) is 5.01 Å². The molecule has 0 unspecified atom stereocenters. The average Bonchev–Trinajstić information content (AvgIpc) is 2.58. The third-order valence-electron chi connectivity index (χ3n) is 1.75. The van der Waals surface area contributed by atoms with Gasteiger partial charge in [0.05, 0.1) is 0 Å². The molecule has 0 saturated heterocycles. The van der Waals surface area contributed by atoms with Crippen LogP contribution < -0.4 is 0 Å². The van der Waals surface area contributed by atoms with E-state index in [-0.39, 0.29) is 0 Å². The van der Waals surface area contributed by atoms with Gasteiger partial charge in [-0.3, -0.25) is 5.01 Å². The van der Waals surface area contributed by atoms with Crippen LogP contribution in [0.2, 0.25) is 0 Å². The quantitative estimate of drug-likeness (QED) is 0.544. The highest BCUT2D eigenvalue weighted by Gasteiger charge is 2.30. The molecule has 0 amide bonds. The predicted molar refractivity (Wildman–Crippen MR) is 37.6 cm³/mol. The molecule has 2 nitrogen and oxygen atoms in total. The van der Waals surface area contributed by atoms with E-state index in [1.807, 2.05) is 0 Å². The number of hydrogen-bond acceptors (Lipinski definition) is 2. The Kier molecular flexibility index (Phi) is 1.15. The standard InChI is InChI=1S/C6H9ClN2/c7-6-3-4-9(8-6)5-1-2-5/h5H,1-4H2. The van der Waals surface area contributed by atoms with Crippen LogP contribution in [0.4, 0.5) is 0 Å². The Hall–Kier alpha value is -0.240. The summed E-state index contributed by atoms with van der Waals surface area (Å²) in [5, 5.41) is 7.06. The molecule has 0 aromatic heterocycles. The van der Waals surface area contributed by atoms with E-state index in [1.54, 1.807) is 0 Å². The number of hydrogen-bond donors (Lipinski definition) is 0. The fourth-order valence-electron chi connectivity index (χ4n) is 1.08.